The second-order valence-electron chi connectivity index (χ2n) is 6.47. The zero-order chi connectivity index (χ0) is 14.5. The van der Waals surface area contributed by atoms with Gasteiger partial charge in [0, 0.05) is 11.8 Å². The minimum absolute atomic E-state index is 0.00483. The zero-order valence-electron chi connectivity index (χ0n) is 12.8. The monoisotopic (exact) mass is 280 g/mol. The lowest BCUT2D eigenvalue weighted by atomic mass is 10.1. The Hall–Kier alpha value is -1.06. The number of amides is 2. The highest BCUT2D eigenvalue weighted by molar-refractivity contribution is 5.87. The molecule has 4 nitrogen and oxygen atoms in total. The fourth-order valence-electron chi connectivity index (χ4n) is 3.02. The van der Waals surface area contributed by atoms with Gasteiger partial charge in [-0.05, 0) is 37.5 Å². The standard InChI is InChI=1S/C16H28N2O2/c1-3-5-7-11-9-13(11)15(19)17-18-16(20)14-10-12(14)8-6-4-2/h11-14H,3-10H2,1-2H3,(H,17,19)(H,18,20). The van der Waals surface area contributed by atoms with Crippen molar-refractivity contribution in [1.29, 1.82) is 0 Å². The number of rotatable bonds is 8. The van der Waals surface area contributed by atoms with Crippen molar-refractivity contribution >= 4 is 11.8 Å². The summed E-state index contributed by atoms with van der Waals surface area (Å²) in [6.45, 7) is 4.34. The predicted molar refractivity (Wildman–Crippen MR) is 78.5 cm³/mol. The number of unbranched alkanes of at least 4 members (excludes halogenated alkanes) is 2. The molecular formula is C16H28N2O2. The Bertz CT molecular complexity index is 322. The van der Waals surface area contributed by atoms with Crippen molar-refractivity contribution in [2.45, 2.75) is 65.2 Å². The molecule has 0 saturated heterocycles. The lowest BCUT2D eigenvalue weighted by Gasteiger charge is -2.07. The topological polar surface area (TPSA) is 58.2 Å². The van der Waals surface area contributed by atoms with E-state index in [-0.39, 0.29) is 23.7 Å². The number of nitrogens with one attached hydrogen (secondary N) is 2. The van der Waals surface area contributed by atoms with Crippen LogP contribution in [0.1, 0.15) is 65.2 Å². The quantitative estimate of drug-likeness (QED) is 0.672. The Morgan fingerprint density at radius 2 is 1.25 bits per heavy atom. The normalized spacial score (nSPS) is 30.7. The molecule has 2 saturated carbocycles. The molecule has 0 radical (unpaired) electrons. The molecule has 2 aliphatic rings. The van der Waals surface area contributed by atoms with Gasteiger partial charge in [0.2, 0.25) is 11.8 Å². The third-order valence-electron chi connectivity index (χ3n) is 4.68. The second-order valence-corrected chi connectivity index (χ2v) is 6.47. The first kappa shape index (κ1) is 15.3. The molecule has 0 aromatic carbocycles. The largest absolute Gasteiger partial charge is 0.273 e. The predicted octanol–water partition coefficient (Wildman–Crippen LogP) is 2.79. The number of carbonyl (C=O) groups is 2. The first-order chi connectivity index (χ1) is 9.67. The molecule has 2 fully saturated rings. The van der Waals surface area contributed by atoms with E-state index in [1.165, 1.54) is 25.7 Å². The van der Waals surface area contributed by atoms with Gasteiger partial charge in [-0.2, -0.15) is 0 Å². The summed E-state index contributed by atoms with van der Waals surface area (Å²) >= 11 is 0. The highest BCUT2D eigenvalue weighted by atomic mass is 16.2. The van der Waals surface area contributed by atoms with E-state index < -0.39 is 0 Å². The molecule has 114 valence electrons. The van der Waals surface area contributed by atoms with Crippen LogP contribution in [0.4, 0.5) is 0 Å². The third kappa shape index (κ3) is 4.22. The van der Waals surface area contributed by atoms with Crippen LogP contribution in [0.2, 0.25) is 0 Å². The molecule has 0 aromatic rings. The second kappa shape index (κ2) is 7.09. The van der Waals surface area contributed by atoms with Crippen molar-refractivity contribution in [3.63, 3.8) is 0 Å². The van der Waals surface area contributed by atoms with E-state index in [0.717, 1.165) is 25.7 Å². The van der Waals surface area contributed by atoms with Crippen molar-refractivity contribution in [2.75, 3.05) is 0 Å². The minimum Gasteiger partial charge on any atom is -0.273 e. The van der Waals surface area contributed by atoms with E-state index in [0.29, 0.717) is 11.8 Å². The van der Waals surface area contributed by atoms with Gasteiger partial charge in [-0.25, -0.2) is 0 Å². The third-order valence-corrected chi connectivity index (χ3v) is 4.68. The van der Waals surface area contributed by atoms with Gasteiger partial charge in [0.1, 0.15) is 0 Å². The van der Waals surface area contributed by atoms with Crippen molar-refractivity contribution in [1.82, 2.24) is 10.9 Å². The fraction of sp³-hybridized carbons (Fsp3) is 0.875. The highest BCUT2D eigenvalue weighted by Gasteiger charge is 2.44. The summed E-state index contributed by atoms with van der Waals surface area (Å²) < 4.78 is 0. The zero-order valence-corrected chi connectivity index (χ0v) is 12.8. The molecule has 2 amide bonds. The molecule has 4 heteroatoms. The molecule has 4 atom stereocenters. The molecule has 2 N–H and O–H groups in total. The van der Waals surface area contributed by atoms with Crippen LogP contribution in [-0.4, -0.2) is 11.8 Å². The van der Waals surface area contributed by atoms with Crippen LogP contribution in [-0.2, 0) is 9.59 Å². The first-order valence-electron chi connectivity index (χ1n) is 8.27. The summed E-state index contributed by atoms with van der Waals surface area (Å²) in [4.78, 5) is 23.7. The lowest BCUT2D eigenvalue weighted by Crippen LogP contribution is -2.43. The van der Waals surface area contributed by atoms with E-state index in [2.05, 4.69) is 24.7 Å². The Labute approximate surface area is 122 Å². The van der Waals surface area contributed by atoms with Crippen molar-refractivity contribution < 1.29 is 9.59 Å². The van der Waals surface area contributed by atoms with Crippen molar-refractivity contribution in [3.05, 3.63) is 0 Å². The van der Waals surface area contributed by atoms with E-state index in [9.17, 15) is 9.59 Å². The van der Waals surface area contributed by atoms with Crippen LogP contribution in [0.3, 0.4) is 0 Å². The van der Waals surface area contributed by atoms with Crippen molar-refractivity contribution in [2.24, 2.45) is 23.7 Å². The van der Waals surface area contributed by atoms with Gasteiger partial charge < -0.3 is 0 Å². The maximum atomic E-state index is 11.9. The van der Waals surface area contributed by atoms with Crippen LogP contribution < -0.4 is 10.9 Å². The summed E-state index contributed by atoms with van der Waals surface area (Å²) in [5.41, 5.74) is 5.22. The highest BCUT2D eigenvalue weighted by Crippen LogP contribution is 2.43. The van der Waals surface area contributed by atoms with Gasteiger partial charge in [-0.15, -0.1) is 0 Å². The van der Waals surface area contributed by atoms with Crippen LogP contribution in [0, 0.1) is 23.7 Å². The Balaban J connectivity index is 1.57. The van der Waals surface area contributed by atoms with Crippen molar-refractivity contribution in [3.8, 4) is 0 Å². The smallest absolute Gasteiger partial charge is 0.241 e. The Morgan fingerprint density at radius 1 is 0.850 bits per heavy atom. The maximum absolute atomic E-state index is 11.9. The van der Waals surface area contributed by atoms with Gasteiger partial charge in [0.15, 0.2) is 0 Å². The molecule has 0 spiro atoms. The molecule has 0 heterocycles. The van der Waals surface area contributed by atoms with E-state index in [4.69, 9.17) is 0 Å². The Kier molecular flexibility index (Phi) is 5.44. The molecule has 0 aliphatic heterocycles. The van der Waals surface area contributed by atoms with E-state index >= 15 is 0 Å². The SMILES string of the molecule is CCCCC1CC1C(=O)NNC(=O)C1CC1CCCC. The maximum Gasteiger partial charge on any atom is 0.241 e. The summed E-state index contributed by atoms with van der Waals surface area (Å²) in [5, 5.41) is 0. The lowest BCUT2D eigenvalue weighted by molar-refractivity contribution is -0.130. The van der Waals surface area contributed by atoms with Gasteiger partial charge in [0.05, 0.1) is 0 Å². The molecule has 4 unspecified atom stereocenters. The minimum atomic E-state index is 0.00483. The van der Waals surface area contributed by atoms with Crippen LogP contribution in [0.5, 0.6) is 0 Å². The number of hydrazine groups is 1. The Morgan fingerprint density at radius 3 is 1.60 bits per heavy atom. The van der Waals surface area contributed by atoms with Crippen LogP contribution >= 0.6 is 0 Å². The molecule has 2 rings (SSSR count). The average molecular weight is 280 g/mol. The molecule has 2 aliphatic carbocycles. The van der Waals surface area contributed by atoms with Crippen LogP contribution in [0.25, 0.3) is 0 Å². The number of hydrogen-bond acceptors (Lipinski definition) is 2. The summed E-state index contributed by atoms with van der Waals surface area (Å²) in [6.07, 6.45) is 9.03. The fourth-order valence-corrected chi connectivity index (χ4v) is 3.02. The van der Waals surface area contributed by atoms with Crippen LogP contribution in [0.15, 0.2) is 0 Å². The average Bonchev–Trinajstić information content (AvgIpc) is 3.34. The summed E-state index contributed by atoms with van der Waals surface area (Å²) in [6, 6.07) is 0. The summed E-state index contributed by atoms with van der Waals surface area (Å²) in [5.74, 6) is 1.37. The first-order valence-corrected chi connectivity index (χ1v) is 8.27. The summed E-state index contributed by atoms with van der Waals surface area (Å²) in [7, 11) is 0. The molecule has 20 heavy (non-hydrogen) atoms. The number of hydrogen-bond donors (Lipinski definition) is 2. The molecule has 0 bridgehead atoms. The van der Waals surface area contributed by atoms with Gasteiger partial charge in [-0.1, -0.05) is 39.5 Å². The number of carbonyl (C=O) groups excluding carboxylic acids is 2. The van der Waals surface area contributed by atoms with Gasteiger partial charge in [-0.3, -0.25) is 20.4 Å². The van der Waals surface area contributed by atoms with E-state index in [1.54, 1.807) is 0 Å². The van der Waals surface area contributed by atoms with Gasteiger partial charge in [0.25, 0.3) is 0 Å². The molecule has 0 aromatic heterocycles. The van der Waals surface area contributed by atoms with Gasteiger partial charge >= 0.3 is 0 Å². The van der Waals surface area contributed by atoms with E-state index in [1.807, 2.05) is 0 Å². The molecular weight excluding hydrogens is 252 g/mol.